The first-order chi connectivity index (χ1) is 9.68. The van der Waals surface area contributed by atoms with Gasteiger partial charge in [0.15, 0.2) is 5.79 Å². The van der Waals surface area contributed by atoms with Gasteiger partial charge >= 0.3 is 0 Å². The summed E-state index contributed by atoms with van der Waals surface area (Å²) in [7, 11) is 0. The minimum atomic E-state index is -1.25. The molecule has 0 aromatic rings. The molecule has 2 aliphatic rings. The Hall–Kier alpha value is -1.07. The van der Waals surface area contributed by atoms with Crippen molar-refractivity contribution in [1.29, 1.82) is 0 Å². The molecule has 21 heavy (non-hydrogen) atoms. The third-order valence-electron chi connectivity index (χ3n) is 5.07. The highest BCUT2D eigenvalue weighted by molar-refractivity contribution is 5.23. The maximum atomic E-state index is 11.4. The average molecular weight is 295 g/mol. The Bertz CT molecular complexity index is 479. The summed E-state index contributed by atoms with van der Waals surface area (Å²) in [6.45, 7) is 8.71. The van der Waals surface area contributed by atoms with Gasteiger partial charge in [-0.1, -0.05) is 38.4 Å². The third-order valence-corrected chi connectivity index (χ3v) is 5.07. The van der Waals surface area contributed by atoms with Crippen LogP contribution in [0.5, 0.6) is 0 Å². The van der Waals surface area contributed by atoms with Crippen molar-refractivity contribution in [2.24, 2.45) is 10.5 Å². The summed E-state index contributed by atoms with van der Waals surface area (Å²) in [5, 5.41) is 15.3. The lowest BCUT2D eigenvalue weighted by Gasteiger charge is -2.54. The maximum Gasteiger partial charge on any atom is 0.185 e. The Morgan fingerprint density at radius 3 is 2.29 bits per heavy atom. The zero-order valence-electron chi connectivity index (χ0n) is 13.3. The van der Waals surface area contributed by atoms with E-state index in [-0.39, 0.29) is 0 Å². The van der Waals surface area contributed by atoms with Gasteiger partial charge in [-0.05, 0) is 36.8 Å². The fraction of sp³-hybridized carbons (Fsp3) is 0.867. The summed E-state index contributed by atoms with van der Waals surface area (Å²) in [6.07, 6.45) is 5.90. The van der Waals surface area contributed by atoms with Crippen molar-refractivity contribution >= 4 is 0 Å². The van der Waals surface area contributed by atoms with Crippen molar-refractivity contribution in [3.63, 3.8) is 0 Å². The summed E-state index contributed by atoms with van der Waals surface area (Å²) in [6, 6.07) is 0. The number of ether oxygens (including phenoxy) is 2. The second-order valence-corrected chi connectivity index (χ2v) is 7.01. The molecule has 2 fully saturated rings. The number of hydrogen-bond acceptors (Lipinski definition) is 4. The maximum absolute atomic E-state index is 11.4. The summed E-state index contributed by atoms with van der Waals surface area (Å²) in [4.78, 5) is 2.96. The second kappa shape index (κ2) is 5.29. The third kappa shape index (κ3) is 2.69. The number of azide groups is 1. The van der Waals surface area contributed by atoms with Crippen LogP contribution >= 0.6 is 0 Å². The van der Waals surface area contributed by atoms with Crippen LogP contribution in [0.1, 0.15) is 47.0 Å². The lowest BCUT2D eigenvalue weighted by atomic mass is 9.57. The molecule has 0 unspecified atom stereocenters. The first-order valence-corrected chi connectivity index (χ1v) is 7.45. The molecule has 0 spiro atoms. The molecule has 6 heteroatoms. The zero-order chi connectivity index (χ0) is 15.8. The van der Waals surface area contributed by atoms with E-state index in [4.69, 9.17) is 15.0 Å². The quantitative estimate of drug-likeness (QED) is 0.375. The van der Waals surface area contributed by atoms with Gasteiger partial charge in [0.05, 0.1) is 24.4 Å². The number of rotatable bonds is 3. The van der Waals surface area contributed by atoms with E-state index in [2.05, 4.69) is 10.0 Å². The lowest BCUT2D eigenvalue weighted by Crippen LogP contribution is -2.61. The zero-order valence-corrected chi connectivity index (χ0v) is 13.3. The minimum absolute atomic E-state index is 0.403. The normalized spacial score (nSPS) is 38.3. The van der Waals surface area contributed by atoms with Crippen LogP contribution in [0.15, 0.2) is 17.3 Å². The van der Waals surface area contributed by atoms with Gasteiger partial charge in [-0.2, -0.15) is 0 Å². The fourth-order valence-corrected chi connectivity index (χ4v) is 3.51. The Labute approximate surface area is 125 Å². The summed E-state index contributed by atoms with van der Waals surface area (Å²) in [5.74, 6) is -0.819. The van der Waals surface area contributed by atoms with E-state index in [0.717, 1.165) is 12.8 Å². The molecule has 2 atom stereocenters. The van der Waals surface area contributed by atoms with Crippen molar-refractivity contribution in [2.75, 3.05) is 13.2 Å². The van der Waals surface area contributed by atoms with Gasteiger partial charge in [-0.15, -0.1) is 0 Å². The van der Waals surface area contributed by atoms with Crippen molar-refractivity contribution in [2.45, 2.75) is 63.9 Å². The fourth-order valence-electron chi connectivity index (χ4n) is 3.51. The standard InChI is InChI=1S/C15H25N3O3/c1-12(2)6-5-7-13(3,17-18-16)15(12,19)9-8-14(4)20-10-11-21-14/h8-9,19H,5-7,10-11H2,1-4H3/b9-8+/t13-,15-/m1/s1. The molecule has 1 saturated carbocycles. The largest absolute Gasteiger partial charge is 0.385 e. The summed E-state index contributed by atoms with van der Waals surface area (Å²) in [5.41, 5.74) is 6.36. The van der Waals surface area contributed by atoms with Crippen molar-refractivity contribution < 1.29 is 14.6 Å². The number of hydrogen-bond donors (Lipinski definition) is 1. The van der Waals surface area contributed by atoms with Gasteiger partial charge in [0.1, 0.15) is 0 Å². The molecule has 0 amide bonds. The Morgan fingerprint density at radius 2 is 1.71 bits per heavy atom. The van der Waals surface area contributed by atoms with Crippen LogP contribution in [0.2, 0.25) is 0 Å². The van der Waals surface area contributed by atoms with E-state index < -0.39 is 22.3 Å². The van der Waals surface area contributed by atoms with E-state index in [1.165, 1.54) is 0 Å². The SMILES string of the molecule is CC1(/C=C/[C@@]2(O)C(C)(C)CCC[C@@]2(C)N=[N+]=[N-])OCCO1. The molecule has 1 N–H and O–H groups in total. The van der Waals surface area contributed by atoms with E-state index >= 15 is 0 Å². The van der Waals surface area contributed by atoms with E-state index in [1.807, 2.05) is 27.7 Å². The topological polar surface area (TPSA) is 87.5 Å². The molecule has 1 saturated heterocycles. The summed E-state index contributed by atoms with van der Waals surface area (Å²) < 4.78 is 11.1. The van der Waals surface area contributed by atoms with Crippen LogP contribution in [-0.2, 0) is 9.47 Å². The van der Waals surface area contributed by atoms with Crippen molar-refractivity contribution in [3.8, 4) is 0 Å². The Morgan fingerprint density at radius 1 is 1.10 bits per heavy atom. The van der Waals surface area contributed by atoms with Crippen LogP contribution in [0.3, 0.4) is 0 Å². The highest BCUT2D eigenvalue weighted by Crippen LogP contribution is 2.52. The molecule has 0 bridgehead atoms. The average Bonchev–Trinajstić information content (AvgIpc) is 2.82. The predicted octanol–water partition coefficient (Wildman–Crippen LogP) is 3.32. The first kappa shape index (κ1) is 16.3. The molecule has 0 radical (unpaired) electrons. The smallest absolute Gasteiger partial charge is 0.185 e. The van der Waals surface area contributed by atoms with Crippen molar-refractivity contribution in [3.05, 3.63) is 22.6 Å². The van der Waals surface area contributed by atoms with E-state index in [1.54, 1.807) is 12.2 Å². The Kier molecular flexibility index (Phi) is 4.10. The Balaban J connectivity index is 2.41. The molecule has 118 valence electrons. The van der Waals surface area contributed by atoms with Gasteiger partial charge in [0.25, 0.3) is 0 Å². The number of nitrogens with zero attached hydrogens (tertiary/aromatic N) is 3. The van der Waals surface area contributed by atoms with E-state index in [9.17, 15) is 5.11 Å². The molecule has 6 nitrogen and oxygen atoms in total. The van der Waals surface area contributed by atoms with Gasteiger partial charge in [0, 0.05) is 4.91 Å². The molecular formula is C15H25N3O3. The number of aliphatic hydroxyl groups is 1. The molecule has 1 aliphatic heterocycles. The summed E-state index contributed by atoms with van der Waals surface area (Å²) >= 11 is 0. The second-order valence-electron chi connectivity index (χ2n) is 7.01. The van der Waals surface area contributed by atoms with Crippen LogP contribution < -0.4 is 0 Å². The predicted molar refractivity (Wildman–Crippen MR) is 79.6 cm³/mol. The molecule has 0 aromatic heterocycles. The lowest BCUT2D eigenvalue weighted by molar-refractivity contribution is -0.118. The van der Waals surface area contributed by atoms with Gasteiger partial charge in [-0.3, -0.25) is 0 Å². The first-order valence-electron chi connectivity index (χ1n) is 7.45. The molecule has 1 heterocycles. The molecular weight excluding hydrogens is 270 g/mol. The van der Waals surface area contributed by atoms with Gasteiger partial charge in [-0.25, -0.2) is 0 Å². The van der Waals surface area contributed by atoms with Gasteiger partial charge < -0.3 is 14.6 Å². The van der Waals surface area contributed by atoms with E-state index in [0.29, 0.717) is 19.6 Å². The van der Waals surface area contributed by atoms with Crippen LogP contribution in [0, 0.1) is 5.41 Å². The van der Waals surface area contributed by atoms with Crippen LogP contribution in [0.4, 0.5) is 0 Å². The molecule has 0 aromatic carbocycles. The van der Waals surface area contributed by atoms with Gasteiger partial charge in [0.2, 0.25) is 0 Å². The minimum Gasteiger partial charge on any atom is -0.385 e. The molecule has 1 aliphatic carbocycles. The highest BCUT2D eigenvalue weighted by atomic mass is 16.7. The highest BCUT2D eigenvalue weighted by Gasteiger charge is 2.56. The van der Waals surface area contributed by atoms with Crippen LogP contribution in [0.25, 0.3) is 10.4 Å². The van der Waals surface area contributed by atoms with Crippen LogP contribution in [-0.4, -0.2) is 35.2 Å². The monoisotopic (exact) mass is 295 g/mol. The van der Waals surface area contributed by atoms with Crippen molar-refractivity contribution in [1.82, 2.24) is 0 Å². The molecule has 2 rings (SSSR count).